The third kappa shape index (κ3) is 1.95. The maximum absolute atomic E-state index is 11.1. The van der Waals surface area contributed by atoms with Crippen LogP contribution in [0.1, 0.15) is 25.0 Å². The van der Waals surface area contributed by atoms with Gasteiger partial charge in [0.2, 0.25) is 0 Å². The van der Waals surface area contributed by atoms with Crippen molar-refractivity contribution in [3.05, 3.63) is 23.2 Å². The van der Waals surface area contributed by atoms with E-state index < -0.39 is 11.4 Å². The molecule has 0 atom stereocenters. The first-order valence-electron chi connectivity index (χ1n) is 4.82. The number of carboxylic acids is 1. The van der Waals surface area contributed by atoms with E-state index in [0.717, 1.165) is 19.3 Å². The van der Waals surface area contributed by atoms with Crippen LogP contribution in [-0.2, 0) is 11.2 Å². The Kier molecular flexibility index (Phi) is 2.61. The van der Waals surface area contributed by atoms with Gasteiger partial charge < -0.3 is 5.11 Å². The number of aliphatic carboxylic acids is 1. The normalized spacial score (nSPS) is 18.2. The predicted molar refractivity (Wildman–Crippen MR) is 54.7 cm³/mol. The summed E-state index contributed by atoms with van der Waals surface area (Å²) >= 11 is 5.60. The highest BCUT2D eigenvalue weighted by Crippen LogP contribution is 2.43. The average Bonchev–Trinajstić information content (AvgIpc) is 2.13. The lowest BCUT2D eigenvalue weighted by Crippen LogP contribution is -2.40. The minimum absolute atomic E-state index is 0.330. The molecule has 0 aromatic carbocycles. The monoisotopic (exact) mass is 226 g/mol. The fourth-order valence-corrected chi connectivity index (χ4v) is 1.94. The highest BCUT2D eigenvalue weighted by molar-refractivity contribution is 6.29. The van der Waals surface area contributed by atoms with Gasteiger partial charge in [-0.2, -0.15) is 0 Å². The summed E-state index contributed by atoms with van der Waals surface area (Å²) in [5.41, 5.74) is 0.0872. The second-order valence-corrected chi connectivity index (χ2v) is 4.33. The van der Waals surface area contributed by atoms with Gasteiger partial charge in [0.25, 0.3) is 0 Å². The molecule has 1 aromatic rings. The molecule has 1 aliphatic carbocycles. The molecule has 5 heteroatoms. The number of halogens is 1. The zero-order valence-corrected chi connectivity index (χ0v) is 8.87. The summed E-state index contributed by atoms with van der Waals surface area (Å²) in [6, 6.07) is 0. The molecule has 0 amide bonds. The Labute approximate surface area is 92.3 Å². The summed E-state index contributed by atoms with van der Waals surface area (Å²) in [6.07, 6.45) is 5.88. The largest absolute Gasteiger partial charge is 0.481 e. The smallest absolute Gasteiger partial charge is 0.310 e. The summed E-state index contributed by atoms with van der Waals surface area (Å²) in [7, 11) is 0. The van der Waals surface area contributed by atoms with E-state index in [9.17, 15) is 4.79 Å². The minimum atomic E-state index is -0.731. The van der Waals surface area contributed by atoms with Crippen LogP contribution in [0.25, 0.3) is 0 Å². The van der Waals surface area contributed by atoms with Gasteiger partial charge in [0.1, 0.15) is 5.15 Å². The van der Waals surface area contributed by atoms with Crippen LogP contribution in [0.4, 0.5) is 0 Å². The lowest BCUT2D eigenvalue weighted by Gasteiger charge is -2.37. The predicted octanol–water partition coefficient (Wildman–Crippen LogP) is 1.93. The van der Waals surface area contributed by atoms with Gasteiger partial charge in [-0.15, -0.1) is 0 Å². The SMILES string of the molecule is O=C(O)C1(Cc2cnc(Cl)cn2)CCC1. The van der Waals surface area contributed by atoms with Crippen molar-refractivity contribution < 1.29 is 9.90 Å². The molecule has 0 radical (unpaired) electrons. The summed E-state index contributed by atoms with van der Waals surface area (Å²) in [6.45, 7) is 0. The molecule has 1 N–H and O–H groups in total. The van der Waals surface area contributed by atoms with Crippen LogP contribution < -0.4 is 0 Å². The Morgan fingerprint density at radius 1 is 1.47 bits per heavy atom. The third-order valence-corrected chi connectivity index (χ3v) is 3.15. The van der Waals surface area contributed by atoms with E-state index in [0.29, 0.717) is 17.3 Å². The van der Waals surface area contributed by atoms with Gasteiger partial charge in [0.05, 0.1) is 23.5 Å². The van der Waals surface area contributed by atoms with Crippen molar-refractivity contribution >= 4 is 17.6 Å². The molecule has 0 aliphatic heterocycles. The number of carbonyl (C=O) groups is 1. The Bertz CT molecular complexity index is 374. The van der Waals surface area contributed by atoms with Crippen molar-refractivity contribution in [3.8, 4) is 0 Å². The molecule has 15 heavy (non-hydrogen) atoms. The third-order valence-electron chi connectivity index (χ3n) is 2.96. The maximum atomic E-state index is 11.1. The van der Waals surface area contributed by atoms with Crippen molar-refractivity contribution in [1.29, 1.82) is 0 Å². The molecule has 0 saturated heterocycles. The molecule has 1 saturated carbocycles. The van der Waals surface area contributed by atoms with Gasteiger partial charge in [-0.05, 0) is 12.8 Å². The first-order chi connectivity index (χ1) is 7.12. The number of carboxylic acid groups (broad SMARTS) is 1. The van der Waals surface area contributed by atoms with Crippen LogP contribution in [0.2, 0.25) is 5.15 Å². The highest BCUT2D eigenvalue weighted by Gasteiger charge is 2.44. The quantitative estimate of drug-likeness (QED) is 0.856. The second-order valence-electron chi connectivity index (χ2n) is 3.95. The standard InChI is InChI=1S/C10H11ClN2O2/c11-8-6-12-7(5-13-8)4-10(9(14)15)2-1-3-10/h5-6H,1-4H2,(H,14,15). The van der Waals surface area contributed by atoms with Crippen LogP contribution >= 0.6 is 11.6 Å². The lowest BCUT2D eigenvalue weighted by atomic mass is 9.66. The van der Waals surface area contributed by atoms with Crippen LogP contribution in [-0.4, -0.2) is 21.0 Å². The Balaban J connectivity index is 2.13. The molecule has 1 aromatic heterocycles. The Morgan fingerprint density at radius 3 is 2.60 bits per heavy atom. The topological polar surface area (TPSA) is 63.1 Å². The molecule has 1 heterocycles. The summed E-state index contributed by atoms with van der Waals surface area (Å²) < 4.78 is 0. The summed E-state index contributed by atoms with van der Waals surface area (Å²) in [4.78, 5) is 19.1. The van der Waals surface area contributed by atoms with Crippen molar-refractivity contribution in [1.82, 2.24) is 9.97 Å². The number of hydrogen-bond acceptors (Lipinski definition) is 3. The minimum Gasteiger partial charge on any atom is -0.481 e. The Hall–Kier alpha value is -1.16. The van der Waals surface area contributed by atoms with E-state index >= 15 is 0 Å². The van der Waals surface area contributed by atoms with Crippen molar-refractivity contribution in [2.24, 2.45) is 5.41 Å². The van der Waals surface area contributed by atoms with Crippen molar-refractivity contribution in [3.63, 3.8) is 0 Å². The van der Waals surface area contributed by atoms with E-state index in [2.05, 4.69) is 9.97 Å². The van der Waals surface area contributed by atoms with Crippen molar-refractivity contribution in [2.45, 2.75) is 25.7 Å². The molecular formula is C10H11ClN2O2. The molecular weight excluding hydrogens is 216 g/mol. The zero-order chi connectivity index (χ0) is 10.9. The molecule has 4 nitrogen and oxygen atoms in total. The number of hydrogen-bond donors (Lipinski definition) is 1. The average molecular weight is 227 g/mol. The van der Waals surface area contributed by atoms with Crippen LogP contribution in [0.15, 0.2) is 12.4 Å². The molecule has 0 spiro atoms. The van der Waals surface area contributed by atoms with Gasteiger partial charge in [0, 0.05) is 6.42 Å². The van der Waals surface area contributed by atoms with Gasteiger partial charge in [-0.1, -0.05) is 18.0 Å². The molecule has 1 fully saturated rings. The fourth-order valence-electron chi connectivity index (χ4n) is 1.85. The first-order valence-corrected chi connectivity index (χ1v) is 5.20. The summed E-state index contributed by atoms with van der Waals surface area (Å²) in [5, 5.41) is 9.46. The van der Waals surface area contributed by atoms with E-state index in [4.69, 9.17) is 16.7 Å². The van der Waals surface area contributed by atoms with E-state index in [1.54, 1.807) is 6.20 Å². The van der Waals surface area contributed by atoms with Gasteiger partial charge >= 0.3 is 5.97 Å². The van der Waals surface area contributed by atoms with Crippen LogP contribution in [0.3, 0.4) is 0 Å². The first kappa shape index (κ1) is 10.4. The van der Waals surface area contributed by atoms with Crippen molar-refractivity contribution in [2.75, 3.05) is 0 Å². The molecule has 0 unspecified atom stereocenters. The second kappa shape index (κ2) is 3.77. The maximum Gasteiger partial charge on any atom is 0.310 e. The van der Waals surface area contributed by atoms with Gasteiger partial charge in [-0.3, -0.25) is 9.78 Å². The van der Waals surface area contributed by atoms with Crippen LogP contribution in [0.5, 0.6) is 0 Å². The highest BCUT2D eigenvalue weighted by atomic mass is 35.5. The van der Waals surface area contributed by atoms with E-state index in [1.807, 2.05) is 0 Å². The van der Waals surface area contributed by atoms with Gasteiger partial charge in [0.15, 0.2) is 0 Å². The lowest BCUT2D eigenvalue weighted by molar-refractivity contribution is -0.154. The van der Waals surface area contributed by atoms with Gasteiger partial charge in [-0.25, -0.2) is 4.98 Å². The van der Waals surface area contributed by atoms with E-state index in [-0.39, 0.29) is 0 Å². The van der Waals surface area contributed by atoms with E-state index in [1.165, 1.54) is 6.20 Å². The number of rotatable bonds is 3. The number of aromatic nitrogens is 2. The Morgan fingerprint density at radius 2 is 2.20 bits per heavy atom. The zero-order valence-electron chi connectivity index (χ0n) is 8.11. The number of nitrogens with zero attached hydrogens (tertiary/aromatic N) is 2. The fraction of sp³-hybridized carbons (Fsp3) is 0.500. The summed E-state index contributed by atoms with van der Waals surface area (Å²) in [5.74, 6) is -0.731. The molecule has 1 aliphatic rings. The molecule has 0 bridgehead atoms. The molecule has 80 valence electrons. The van der Waals surface area contributed by atoms with Crippen LogP contribution in [0, 0.1) is 5.41 Å². The molecule has 2 rings (SSSR count).